The summed E-state index contributed by atoms with van der Waals surface area (Å²) >= 11 is 0. The molecule has 1 heterocycles. The average molecular weight is 258 g/mol. The van der Waals surface area contributed by atoms with Crippen molar-refractivity contribution < 1.29 is 19.4 Å². The summed E-state index contributed by atoms with van der Waals surface area (Å²) < 4.78 is 5.47. The standard InChI is InChI=1S/C12H22N2O4/c1-9(11(15)16)7-13(2)12(17)14(3)8-10-5-4-6-18-10/h9-10H,4-8H2,1-3H3,(H,15,16). The number of carboxylic acids is 1. The fourth-order valence-electron chi connectivity index (χ4n) is 2.03. The van der Waals surface area contributed by atoms with Crippen LogP contribution >= 0.6 is 0 Å². The first-order chi connectivity index (χ1) is 8.41. The molecule has 2 amide bonds. The Kier molecular flexibility index (Phi) is 5.40. The molecular formula is C12H22N2O4. The number of rotatable bonds is 5. The lowest BCUT2D eigenvalue weighted by Crippen LogP contribution is -2.44. The van der Waals surface area contributed by atoms with Crippen LogP contribution in [0.1, 0.15) is 19.8 Å². The van der Waals surface area contributed by atoms with Gasteiger partial charge < -0.3 is 19.6 Å². The predicted molar refractivity (Wildman–Crippen MR) is 66.4 cm³/mol. The molecule has 0 aromatic carbocycles. The quantitative estimate of drug-likeness (QED) is 0.794. The van der Waals surface area contributed by atoms with E-state index in [0.717, 1.165) is 19.4 Å². The number of carbonyl (C=O) groups is 2. The van der Waals surface area contributed by atoms with Gasteiger partial charge in [0, 0.05) is 33.8 Å². The van der Waals surface area contributed by atoms with Gasteiger partial charge in [0.2, 0.25) is 0 Å². The lowest BCUT2D eigenvalue weighted by Gasteiger charge is -2.27. The van der Waals surface area contributed by atoms with Crippen LogP contribution in [0.4, 0.5) is 4.79 Å². The van der Waals surface area contributed by atoms with Crippen molar-refractivity contribution in [2.75, 3.05) is 33.8 Å². The monoisotopic (exact) mass is 258 g/mol. The maximum absolute atomic E-state index is 12.0. The summed E-state index contributed by atoms with van der Waals surface area (Å²) in [6.45, 7) is 3.12. The molecule has 1 N–H and O–H groups in total. The molecule has 1 rings (SSSR count). The Morgan fingerprint density at radius 3 is 2.56 bits per heavy atom. The normalized spacial score (nSPS) is 20.5. The minimum atomic E-state index is -0.892. The molecule has 6 heteroatoms. The Labute approximate surface area is 107 Å². The van der Waals surface area contributed by atoms with Gasteiger partial charge in [0.25, 0.3) is 0 Å². The van der Waals surface area contributed by atoms with Crippen LogP contribution in [-0.4, -0.2) is 66.8 Å². The van der Waals surface area contributed by atoms with Crippen molar-refractivity contribution >= 4 is 12.0 Å². The molecule has 2 unspecified atom stereocenters. The van der Waals surface area contributed by atoms with E-state index in [1.807, 2.05) is 0 Å². The Morgan fingerprint density at radius 2 is 2.06 bits per heavy atom. The number of amides is 2. The average Bonchev–Trinajstić information content (AvgIpc) is 2.80. The molecule has 1 fully saturated rings. The first kappa shape index (κ1) is 14.8. The fourth-order valence-corrected chi connectivity index (χ4v) is 2.03. The lowest BCUT2D eigenvalue weighted by atomic mass is 10.2. The predicted octanol–water partition coefficient (Wildman–Crippen LogP) is 0.870. The molecule has 18 heavy (non-hydrogen) atoms. The van der Waals surface area contributed by atoms with Crippen LogP contribution in [0.25, 0.3) is 0 Å². The van der Waals surface area contributed by atoms with Crippen molar-refractivity contribution in [1.82, 2.24) is 9.80 Å². The van der Waals surface area contributed by atoms with E-state index < -0.39 is 11.9 Å². The molecule has 104 valence electrons. The largest absolute Gasteiger partial charge is 0.481 e. The van der Waals surface area contributed by atoms with E-state index in [9.17, 15) is 9.59 Å². The molecule has 2 atom stereocenters. The Morgan fingerprint density at radius 1 is 1.39 bits per heavy atom. The van der Waals surface area contributed by atoms with E-state index in [1.165, 1.54) is 4.90 Å². The van der Waals surface area contributed by atoms with Gasteiger partial charge in [0.15, 0.2) is 0 Å². The van der Waals surface area contributed by atoms with Gasteiger partial charge in [0.05, 0.1) is 12.0 Å². The lowest BCUT2D eigenvalue weighted by molar-refractivity contribution is -0.141. The van der Waals surface area contributed by atoms with Gasteiger partial charge in [-0.1, -0.05) is 6.92 Å². The van der Waals surface area contributed by atoms with E-state index >= 15 is 0 Å². The molecule has 1 aliphatic rings. The third-order valence-corrected chi connectivity index (χ3v) is 3.12. The zero-order chi connectivity index (χ0) is 13.7. The van der Waals surface area contributed by atoms with E-state index in [1.54, 1.807) is 25.9 Å². The Hall–Kier alpha value is -1.30. The van der Waals surface area contributed by atoms with Crippen LogP contribution in [0.2, 0.25) is 0 Å². The van der Waals surface area contributed by atoms with Crippen molar-refractivity contribution in [2.24, 2.45) is 5.92 Å². The minimum absolute atomic E-state index is 0.115. The molecule has 0 aliphatic carbocycles. The van der Waals surface area contributed by atoms with Crippen LogP contribution in [0.3, 0.4) is 0 Å². The summed E-state index contributed by atoms with van der Waals surface area (Å²) in [5, 5.41) is 8.81. The molecule has 0 radical (unpaired) electrons. The molecule has 1 aliphatic heterocycles. The second kappa shape index (κ2) is 6.58. The van der Waals surface area contributed by atoms with Crippen LogP contribution in [0, 0.1) is 5.92 Å². The van der Waals surface area contributed by atoms with E-state index in [2.05, 4.69) is 0 Å². The number of likely N-dealkylation sites (N-methyl/N-ethyl adjacent to an activating group) is 1. The van der Waals surface area contributed by atoms with Crippen LogP contribution in [0.15, 0.2) is 0 Å². The number of carbonyl (C=O) groups excluding carboxylic acids is 1. The summed E-state index contributed by atoms with van der Waals surface area (Å²) in [7, 11) is 3.33. The summed E-state index contributed by atoms with van der Waals surface area (Å²) in [6.07, 6.45) is 2.13. The van der Waals surface area contributed by atoms with Crippen LogP contribution < -0.4 is 0 Å². The van der Waals surface area contributed by atoms with Gasteiger partial charge in [-0.3, -0.25) is 4.79 Å². The summed E-state index contributed by atoms with van der Waals surface area (Å²) in [5.41, 5.74) is 0. The van der Waals surface area contributed by atoms with Crippen molar-refractivity contribution in [3.8, 4) is 0 Å². The number of hydrogen-bond donors (Lipinski definition) is 1. The topological polar surface area (TPSA) is 70.1 Å². The van der Waals surface area contributed by atoms with E-state index in [4.69, 9.17) is 9.84 Å². The number of urea groups is 1. The second-order valence-electron chi connectivity index (χ2n) is 4.92. The number of aliphatic carboxylic acids is 1. The second-order valence-corrected chi connectivity index (χ2v) is 4.92. The molecule has 0 saturated carbocycles. The fraction of sp³-hybridized carbons (Fsp3) is 0.833. The van der Waals surface area contributed by atoms with Crippen LogP contribution in [0.5, 0.6) is 0 Å². The highest BCUT2D eigenvalue weighted by Gasteiger charge is 2.23. The first-order valence-electron chi connectivity index (χ1n) is 6.22. The molecule has 0 bridgehead atoms. The SMILES string of the molecule is CC(CN(C)C(=O)N(C)CC1CCCO1)C(=O)O. The van der Waals surface area contributed by atoms with Crippen molar-refractivity contribution in [3.05, 3.63) is 0 Å². The van der Waals surface area contributed by atoms with Crippen molar-refractivity contribution in [3.63, 3.8) is 0 Å². The zero-order valence-electron chi connectivity index (χ0n) is 11.3. The highest BCUT2D eigenvalue weighted by atomic mass is 16.5. The first-order valence-corrected chi connectivity index (χ1v) is 6.22. The molecule has 0 aromatic heterocycles. The zero-order valence-corrected chi connectivity index (χ0v) is 11.3. The van der Waals surface area contributed by atoms with Gasteiger partial charge in [-0.2, -0.15) is 0 Å². The Bertz CT molecular complexity index is 302. The molecule has 0 spiro atoms. The highest BCUT2D eigenvalue weighted by Crippen LogP contribution is 2.13. The number of hydrogen-bond acceptors (Lipinski definition) is 3. The number of ether oxygens (including phenoxy) is 1. The number of nitrogens with zero attached hydrogens (tertiary/aromatic N) is 2. The van der Waals surface area contributed by atoms with Gasteiger partial charge in [-0.15, -0.1) is 0 Å². The van der Waals surface area contributed by atoms with E-state index in [-0.39, 0.29) is 18.7 Å². The third kappa shape index (κ3) is 4.18. The third-order valence-electron chi connectivity index (χ3n) is 3.12. The summed E-state index contributed by atoms with van der Waals surface area (Å²) in [4.78, 5) is 25.8. The maximum atomic E-state index is 12.0. The number of carboxylic acid groups (broad SMARTS) is 1. The summed E-state index contributed by atoms with van der Waals surface area (Å²) in [5.74, 6) is -1.45. The van der Waals surface area contributed by atoms with Gasteiger partial charge in [-0.25, -0.2) is 4.79 Å². The van der Waals surface area contributed by atoms with Crippen LogP contribution in [-0.2, 0) is 9.53 Å². The summed E-state index contributed by atoms with van der Waals surface area (Å²) in [6, 6.07) is -0.168. The highest BCUT2D eigenvalue weighted by molar-refractivity contribution is 5.75. The van der Waals surface area contributed by atoms with E-state index in [0.29, 0.717) is 6.54 Å². The van der Waals surface area contributed by atoms with Crippen molar-refractivity contribution in [1.29, 1.82) is 0 Å². The van der Waals surface area contributed by atoms with Gasteiger partial charge in [0.1, 0.15) is 0 Å². The Balaban J connectivity index is 2.39. The molecule has 1 saturated heterocycles. The van der Waals surface area contributed by atoms with Crippen molar-refractivity contribution in [2.45, 2.75) is 25.9 Å². The molecule has 0 aromatic rings. The molecule has 6 nitrogen and oxygen atoms in total. The van der Waals surface area contributed by atoms with Gasteiger partial charge in [-0.05, 0) is 12.8 Å². The smallest absolute Gasteiger partial charge is 0.319 e. The maximum Gasteiger partial charge on any atom is 0.319 e. The van der Waals surface area contributed by atoms with Gasteiger partial charge >= 0.3 is 12.0 Å². The molecular weight excluding hydrogens is 236 g/mol. The minimum Gasteiger partial charge on any atom is -0.481 e.